The van der Waals surface area contributed by atoms with Gasteiger partial charge < -0.3 is 15.6 Å². The summed E-state index contributed by atoms with van der Waals surface area (Å²) in [5, 5.41) is 7.55. The van der Waals surface area contributed by atoms with Crippen LogP contribution < -0.4 is 15.4 Å². The fourth-order valence-corrected chi connectivity index (χ4v) is 3.00. The number of sulfonamides is 1. The number of aryl methyl sites for hydroxylation is 1. The molecule has 0 bridgehead atoms. The highest BCUT2D eigenvalue weighted by Crippen LogP contribution is 2.21. The van der Waals surface area contributed by atoms with E-state index in [4.69, 9.17) is 0 Å². The normalized spacial score (nSPS) is 12.0. The molecule has 4 N–H and O–H groups in total. The first kappa shape index (κ1) is 21.7. The molecule has 1 heterocycles. The highest BCUT2D eigenvalue weighted by molar-refractivity contribution is 14.0. The Bertz CT molecular complexity index is 817. The molecule has 7 nitrogen and oxygen atoms in total. The third-order valence-electron chi connectivity index (χ3n) is 3.70. The minimum atomic E-state index is -3.15. The molecule has 0 amide bonds. The smallest absolute Gasteiger partial charge is 0.208 e. The number of nitrogens with one attached hydrogen (secondary N) is 4. The fraction of sp³-hybridized carbons (Fsp3) is 0.438. The van der Waals surface area contributed by atoms with Crippen molar-refractivity contribution in [2.45, 2.75) is 13.3 Å². The predicted molar refractivity (Wildman–Crippen MR) is 114 cm³/mol. The topological polar surface area (TPSA) is 98.4 Å². The molecule has 0 aliphatic carbocycles. The number of aliphatic imine (C=N–C) groups is 1. The number of rotatable bonds is 7. The van der Waals surface area contributed by atoms with Gasteiger partial charge in [0.1, 0.15) is 0 Å². The molecule has 9 heteroatoms. The van der Waals surface area contributed by atoms with Crippen LogP contribution in [-0.2, 0) is 16.4 Å². The maximum absolute atomic E-state index is 11.0. The van der Waals surface area contributed by atoms with Crippen LogP contribution in [0.2, 0.25) is 0 Å². The van der Waals surface area contributed by atoms with Crippen LogP contribution in [-0.4, -0.2) is 52.3 Å². The molecule has 1 aromatic heterocycles. The Kier molecular flexibility index (Phi) is 8.66. The van der Waals surface area contributed by atoms with Crippen LogP contribution in [0.1, 0.15) is 11.1 Å². The zero-order valence-electron chi connectivity index (χ0n) is 14.7. The van der Waals surface area contributed by atoms with Gasteiger partial charge >= 0.3 is 0 Å². The molecule has 0 radical (unpaired) electrons. The first-order chi connectivity index (χ1) is 11.4. The van der Waals surface area contributed by atoms with Crippen LogP contribution in [0.15, 0.2) is 29.4 Å². The van der Waals surface area contributed by atoms with Crippen molar-refractivity contribution in [3.05, 3.63) is 35.5 Å². The van der Waals surface area contributed by atoms with E-state index >= 15 is 0 Å². The Morgan fingerprint density at radius 2 is 1.92 bits per heavy atom. The van der Waals surface area contributed by atoms with Gasteiger partial charge in [0.15, 0.2) is 5.96 Å². The van der Waals surface area contributed by atoms with Gasteiger partial charge in [0.25, 0.3) is 0 Å². The Balaban J connectivity index is 0.00000312. The number of fused-ring (bicyclic) bond motifs is 1. The summed E-state index contributed by atoms with van der Waals surface area (Å²) in [7, 11) is -1.46. The van der Waals surface area contributed by atoms with Crippen LogP contribution in [0.4, 0.5) is 0 Å². The van der Waals surface area contributed by atoms with Crippen LogP contribution in [0.3, 0.4) is 0 Å². The van der Waals surface area contributed by atoms with Gasteiger partial charge in [0, 0.05) is 43.8 Å². The monoisotopic (exact) mass is 479 g/mol. The van der Waals surface area contributed by atoms with Crippen molar-refractivity contribution in [2.75, 3.05) is 32.9 Å². The zero-order chi connectivity index (χ0) is 17.6. The first-order valence-corrected chi connectivity index (χ1v) is 9.74. The summed E-state index contributed by atoms with van der Waals surface area (Å²) in [6.07, 6.45) is 4.06. The van der Waals surface area contributed by atoms with E-state index in [1.165, 1.54) is 22.0 Å². The van der Waals surface area contributed by atoms with Crippen LogP contribution in [0.25, 0.3) is 10.9 Å². The predicted octanol–water partition coefficient (Wildman–Crippen LogP) is 1.35. The van der Waals surface area contributed by atoms with Crippen molar-refractivity contribution >= 4 is 50.9 Å². The molecular weight excluding hydrogens is 453 g/mol. The lowest BCUT2D eigenvalue weighted by Gasteiger charge is -2.11. The standard InChI is InChI=1S/C16H25N5O2S.HI/c1-12-5-4-6-14-13(11-20-15(12)14)7-8-18-16(17-2)19-9-10-21-24(3,22)23;/h4-6,11,20-21H,7-10H2,1-3H3,(H2,17,18,19);1H. The second kappa shape index (κ2) is 9.97. The molecule has 0 saturated carbocycles. The summed E-state index contributed by atoms with van der Waals surface area (Å²) in [6.45, 7) is 3.62. The molecule has 0 fully saturated rings. The number of para-hydroxylation sites is 1. The molecule has 0 unspecified atom stereocenters. The summed E-state index contributed by atoms with van der Waals surface area (Å²) in [5.74, 6) is 0.654. The minimum Gasteiger partial charge on any atom is -0.361 e. The first-order valence-electron chi connectivity index (χ1n) is 7.85. The highest BCUT2D eigenvalue weighted by atomic mass is 127. The maximum atomic E-state index is 11.0. The number of aromatic nitrogens is 1. The molecule has 2 rings (SSSR count). The minimum absolute atomic E-state index is 0. The van der Waals surface area contributed by atoms with Crippen molar-refractivity contribution in [3.63, 3.8) is 0 Å². The number of halogens is 1. The fourth-order valence-electron chi connectivity index (χ4n) is 2.52. The SMILES string of the molecule is CN=C(NCCNS(C)(=O)=O)NCCc1c[nH]c2c(C)cccc12.I. The Hall–Kier alpha value is -1.33. The lowest BCUT2D eigenvalue weighted by atomic mass is 10.1. The molecule has 140 valence electrons. The van der Waals surface area contributed by atoms with Crippen molar-refractivity contribution in [2.24, 2.45) is 4.99 Å². The number of hydrogen-bond acceptors (Lipinski definition) is 3. The summed E-state index contributed by atoms with van der Waals surface area (Å²) in [4.78, 5) is 7.45. The number of nitrogens with zero attached hydrogens (tertiary/aromatic N) is 1. The van der Waals surface area contributed by atoms with Crippen LogP contribution in [0.5, 0.6) is 0 Å². The molecule has 0 spiro atoms. The third kappa shape index (κ3) is 6.83. The quantitative estimate of drug-likeness (QED) is 0.209. The van der Waals surface area contributed by atoms with E-state index in [1.807, 2.05) is 6.20 Å². The maximum Gasteiger partial charge on any atom is 0.208 e. The highest BCUT2D eigenvalue weighted by Gasteiger charge is 2.06. The van der Waals surface area contributed by atoms with Gasteiger partial charge in [-0.2, -0.15) is 0 Å². The largest absolute Gasteiger partial charge is 0.361 e. The van der Waals surface area contributed by atoms with Crippen LogP contribution >= 0.6 is 24.0 Å². The van der Waals surface area contributed by atoms with Crippen LogP contribution in [0, 0.1) is 6.92 Å². The Labute approximate surface area is 166 Å². The number of aromatic amines is 1. The van der Waals surface area contributed by atoms with Gasteiger partial charge in [-0.05, 0) is 24.5 Å². The van der Waals surface area contributed by atoms with Gasteiger partial charge in [0.2, 0.25) is 10.0 Å². The average Bonchev–Trinajstić information content (AvgIpc) is 2.93. The van der Waals surface area contributed by atoms with E-state index in [1.54, 1.807) is 7.05 Å². The molecule has 0 aliphatic rings. The number of H-pyrrole nitrogens is 1. The van der Waals surface area contributed by atoms with Gasteiger partial charge in [0.05, 0.1) is 6.26 Å². The van der Waals surface area contributed by atoms with Crippen molar-refractivity contribution < 1.29 is 8.42 Å². The molecular formula is C16H26IN5O2S. The van der Waals surface area contributed by atoms with E-state index in [0.717, 1.165) is 19.2 Å². The molecule has 1 aromatic carbocycles. The van der Waals surface area contributed by atoms with Gasteiger partial charge in [-0.15, -0.1) is 24.0 Å². The summed E-state index contributed by atoms with van der Waals surface area (Å²) in [5.41, 5.74) is 3.68. The summed E-state index contributed by atoms with van der Waals surface area (Å²) >= 11 is 0. The van der Waals surface area contributed by atoms with Gasteiger partial charge in [-0.1, -0.05) is 18.2 Å². The van der Waals surface area contributed by atoms with E-state index in [9.17, 15) is 8.42 Å². The van der Waals surface area contributed by atoms with Crippen molar-refractivity contribution in [1.82, 2.24) is 20.3 Å². The number of benzene rings is 1. The Morgan fingerprint density at radius 1 is 1.20 bits per heavy atom. The lowest BCUT2D eigenvalue weighted by Crippen LogP contribution is -2.42. The summed E-state index contributed by atoms with van der Waals surface area (Å²) < 4.78 is 24.4. The van der Waals surface area contributed by atoms with E-state index in [-0.39, 0.29) is 24.0 Å². The molecule has 0 saturated heterocycles. The second-order valence-corrected chi connectivity index (χ2v) is 7.49. The number of guanidine groups is 1. The van der Waals surface area contributed by atoms with E-state index < -0.39 is 10.0 Å². The average molecular weight is 479 g/mol. The number of hydrogen-bond donors (Lipinski definition) is 4. The molecule has 25 heavy (non-hydrogen) atoms. The van der Waals surface area contributed by atoms with Crippen molar-refractivity contribution in [1.29, 1.82) is 0 Å². The lowest BCUT2D eigenvalue weighted by molar-refractivity contribution is 0.586. The van der Waals surface area contributed by atoms with E-state index in [2.05, 4.69) is 50.5 Å². The van der Waals surface area contributed by atoms with Gasteiger partial charge in [-0.25, -0.2) is 13.1 Å². The third-order valence-corrected chi connectivity index (χ3v) is 4.43. The Morgan fingerprint density at radius 3 is 2.60 bits per heavy atom. The summed E-state index contributed by atoms with van der Waals surface area (Å²) in [6, 6.07) is 6.28. The molecule has 0 aliphatic heterocycles. The molecule has 0 atom stereocenters. The van der Waals surface area contributed by atoms with Crippen molar-refractivity contribution in [3.8, 4) is 0 Å². The van der Waals surface area contributed by atoms with E-state index in [0.29, 0.717) is 19.0 Å². The van der Waals surface area contributed by atoms with Gasteiger partial charge in [-0.3, -0.25) is 4.99 Å². The molecule has 2 aromatic rings. The second-order valence-electron chi connectivity index (χ2n) is 5.65. The zero-order valence-corrected chi connectivity index (χ0v) is 17.9.